The van der Waals surface area contributed by atoms with Crippen LogP contribution >= 0.6 is 0 Å². The second kappa shape index (κ2) is 10.9. The van der Waals surface area contributed by atoms with Crippen LogP contribution in [0.1, 0.15) is 24.8 Å². The van der Waals surface area contributed by atoms with Gasteiger partial charge in [-0.05, 0) is 67.8 Å². The van der Waals surface area contributed by atoms with Gasteiger partial charge in [0.2, 0.25) is 0 Å². The van der Waals surface area contributed by atoms with Gasteiger partial charge in [-0.25, -0.2) is 15.0 Å². The van der Waals surface area contributed by atoms with E-state index in [2.05, 4.69) is 62.4 Å². The molecule has 2 aromatic carbocycles. The third-order valence-corrected chi connectivity index (χ3v) is 7.34. The zero-order chi connectivity index (χ0) is 26.6. The zero-order valence-corrected chi connectivity index (χ0v) is 21.7. The van der Waals surface area contributed by atoms with Crippen molar-refractivity contribution in [3.05, 3.63) is 90.6 Å². The molecule has 0 amide bonds. The van der Waals surface area contributed by atoms with E-state index in [0.29, 0.717) is 11.6 Å². The van der Waals surface area contributed by atoms with Crippen LogP contribution in [0.2, 0.25) is 0 Å². The fourth-order valence-corrected chi connectivity index (χ4v) is 5.32. The van der Waals surface area contributed by atoms with Crippen molar-refractivity contribution in [3.8, 4) is 34.5 Å². The predicted octanol–water partition coefficient (Wildman–Crippen LogP) is 5.16. The SMILES string of the molecule is N#CNC1CCCN(Cc2ccc(-n3c(-c4cccnc4N)nc4ccc(-c5ccccc5)nc43)cc2)CC1. The van der Waals surface area contributed by atoms with Crippen LogP contribution in [0, 0.1) is 11.5 Å². The van der Waals surface area contributed by atoms with Crippen molar-refractivity contribution >= 4 is 17.0 Å². The van der Waals surface area contributed by atoms with Gasteiger partial charge in [0, 0.05) is 36.6 Å². The maximum absolute atomic E-state index is 8.97. The van der Waals surface area contributed by atoms with Gasteiger partial charge in [0.25, 0.3) is 0 Å². The van der Waals surface area contributed by atoms with Crippen molar-refractivity contribution in [2.45, 2.75) is 31.8 Å². The molecule has 1 aliphatic heterocycles. The number of nitriles is 1. The second-order valence-corrected chi connectivity index (χ2v) is 9.94. The van der Waals surface area contributed by atoms with Crippen molar-refractivity contribution < 1.29 is 0 Å². The molecule has 0 radical (unpaired) electrons. The Bertz CT molecular complexity index is 1620. The van der Waals surface area contributed by atoms with Gasteiger partial charge in [-0.2, -0.15) is 5.26 Å². The van der Waals surface area contributed by atoms with Gasteiger partial charge in [0.15, 0.2) is 17.7 Å². The van der Waals surface area contributed by atoms with Gasteiger partial charge < -0.3 is 11.1 Å². The zero-order valence-electron chi connectivity index (χ0n) is 21.7. The molecule has 1 saturated heterocycles. The highest BCUT2D eigenvalue weighted by Gasteiger charge is 2.20. The van der Waals surface area contributed by atoms with E-state index in [-0.39, 0.29) is 6.04 Å². The molecule has 0 spiro atoms. The number of nitrogens with two attached hydrogens (primary N) is 1. The second-order valence-electron chi connectivity index (χ2n) is 9.94. The maximum Gasteiger partial charge on any atom is 0.176 e. The number of rotatable bonds is 6. The number of likely N-dealkylation sites (tertiary alicyclic amines) is 1. The smallest absolute Gasteiger partial charge is 0.176 e. The van der Waals surface area contributed by atoms with E-state index in [1.54, 1.807) is 6.20 Å². The first-order valence-electron chi connectivity index (χ1n) is 13.3. The van der Waals surface area contributed by atoms with Crippen LogP contribution in [-0.4, -0.2) is 43.6 Å². The van der Waals surface area contributed by atoms with Crippen LogP contribution in [0.4, 0.5) is 5.82 Å². The van der Waals surface area contributed by atoms with E-state index in [9.17, 15) is 0 Å². The Balaban J connectivity index is 1.36. The Morgan fingerprint density at radius 3 is 2.56 bits per heavy atom. The number of anilines is 1. The monoisotopic (exact) mass is 514 g/mol. The third-order valence-electron chi connectivity index (χ3n) is 7.34. The van der Waals surface area contributed by atoms with Gasteiger partial charge in [-0.3, -0.25) is 9.47 Å². The average Bonchev–Trinajstić information content (AvgIpc) is 3.21. The molecule has 0 saturated carbocycles. The Hall–Kier alpha value is -4.74. The molecule has 0 bridgehead atoms. The first-order valence-corrected chi connectivity index (χ1v) is 13.3. The average molecular weight is 515 g/mol. The molecule has 3 N–H and O–H groups in total. The molecular formula is C31H30N8. The molecule has 1 unspecified atom stereocenters. The number of fused-ring (bicyclic) bond motifs is 1. The summed E-state index contributed by atoms with van der Waals surface area (Å²) >= 11 is 0. The number of aromatic nitrogens is 4. The van der Waals surface area contributed by atoms with Crippen LogP contribution in [-0.2, 0) is 6.54 Å². The van der Waals surface area contributed by atoms with E-state index in [0.717, 1.165) is 72.6 Å². The number of pyridine rings is 2. The van der Waals surface area contributed by atoms with E-state index < -0.39 is 0 Å². The summed E-state index contributed by atoms with van der Waals surface area (Å²) in [6, 6.07) is 26.9. The Morgan fingerprint density at radius 2 is 1.77 bits per heavy atom. The normalized spacial score (nSPS) is 16.0. The number of hydrogen-bond acceptors (Lipinski definition) is 7. The van der Waals surface area contributed by atoms with Crippen molar-refractivity contribution in [3.63, 3.8) is 0 Å². The molecule has 0 aliphatic carbocycles. The molecule has 194 valence electrons. The van der Waals surface area contributed by atoms with Crippen LogP contribution in [0.5, 0.6) is 0 Å². The number of nitrogens with one attached hydrogen (secondary N) is 1. The number of nitrogens with zero attached hydrogens (tertiary/aromatic N) is 6. The summed E-state index contributed by atoms with van der Waals surface area (Å²) < 4.78 is 2.07. The highest BCUT2D eigenvalue weighted by molar-refractivity contribution is 5.84. The summed E-state index contributed by atoms with van der Waals surface area (Å²) in [6.45, 7) is 2.89. The minimum atomic E-state index is 0.281. The van der Waals surface area contributed by atoms with Gasteiger partial charge in [0.05, 0.1) is 11.3 Å². The quantitative estimate of drug-likeness (QED) is 0.238. The van der Waals surface area contributed by atoms with E-state index in [4.69, 9.17) is 21.0 Å². The predicted molar refractivity (Wildman–Crippen MR) is 154 cm³/mol. The van der Waals surface area contributed by atoms with Crippen LogP contribution in [0.3, 0.4) is 0 Å². The molecule has 1 atom stereocenters. The number of hydrogen-bond donors (Lipinski definition) is 2. The largest absolute Gasteiger partial charge is 0.383 e. The summed E-state index contributed by atoms with van der Waals surface area (Å²) in [5, 5.41) is 11.9. The summed E-state index contributed by atoms with van der Waals surface area (Å²) in [4.78, 5) is 16.8. The van der Waals surface area contributed by atoms with Crippen LogP contribution in [0.25, 0.3) is 39.5 Å². The van der Waals surface area contributed by atoms with Gasteiger partial charge >= 0.3 is 0 Å². The number of benzene rings is 2. The van der Waals surface area contributed by atoms with Gasteiger partial charge in [-0.1, -0.05) is 42.5 Å². The first kappa shape index (κ1) is 24.6. The first-order chi connectivity index (χ1) is 19.2. The minimum Gasteiger partial charge on any atom is -0.383 e. The van der Waals surface area contributed by atoms with Crippen LogP contribution < -0.4 is 11.1 Å². The minimum absolute atomic E-state index is 0.281. The Labute approximate surface area is 227 Å². The van der Waals surface area contributed by atoms with E-state index in [1.165, 1.54) is 5.56 Å². The lowest BCUT2D eigenvalue weighted by molar-refractivity contribution is 0.275. The summed E-state index contributed by atoms with van der Waals surface area (Å²) in [7, 11) is 0. The number of imidazole rings is 1. The highest BCUT2D eigenvalue weighted by Crippen LogP contribution is 2.32. The molecule has 4 heterocycles. The molecule has 8 nitrogen and oxygen atoms in total. The maximum atomic E-state index is 8.97. The lowest BCUT2D eigenvalue weighted by Crippen LogP contribution is -2.28. The Kier molecular flexibility index (Phi) is 6.89. The summed E-state index contributed by atoms with van der Waals surface area (Å²) in [6.07, 6.45) is 6.90. The Morgan fingerprint density at radius 1 is 0.923 bits per heavy atom. The van der Waals surface area contributed by atoms with E-state index in [1.807, 2.05) is 42.5 Å². The fraction of sp³-hybridized carbons (Fsp3) is 0.226. The summed E-state index contributed by atoms with van der Waals surface area (Å²) in [5.74, 6) is 1.14. The van der Waals surface area contributed by atoms with Crippen molar-refractivity contribution in [2.75, 3.05) is 18.8 Å². The van der Waals surface area contributed by atoms with Crippen molar-refractivity contribution in [2.24, 2.45) is 0 Å². The molecule has 3 aromatic heterocycles. The fourth-order valence-electron chi connectivity index (χ4n) is 5.32. The van der Waals surface area contributed by atoms with E-state index >= 15 is 0 Å². The van der Waals surface area contributed by atoms with Gasteiger partial charge in [0.1, 0.15) is 11.3 Å². The standard InChI is InChI=1S/C31H30N8/c32-21-35-24-8-5-18-38(19-16-24)20-22-10-12-25(13-11-22)39-30(26-9-4-17-34-29(26)33)37-28-15-14-27(36-31(28)39)23-6-2-1-3-7-23/h1-4,6-7,9-15,17,24,35H,5,8,16,18-20H2,(H2,33,34). The van der Waals surface area contributed by atoms with Crippen molar-refractivity contribution in [1.29, 1.82) is 5.26 Å². The molecule has 5 aromatic rings. The molecule has 6 rings (SSSR count). The van der Waals surface area contributed by atoms with Gasteiger partial charge in [-0.15, -0.1) is 0 Å². The van der Waals surface area contributed by atoms with Crippen molar-refractivity contribution in [1.82, 2.24) is 29.7 Å². The number of nitrogen functional groups attached to an aromatic ring is 1. The topological polar surface area (TPSA) is 109 Å². The third kappa shape index (κ3) is 5.17. The molecule has 39 heavy (non-hydrogen) atoms. The molecule has 8 heteroatoms. The lowest BCUT2D eigenvalue weighted by atomic mass is 10.1. The molecule has 1 fully saturated rings. The lowest BCUT2D eigenvalue weighted by Gasteiger charge is -2.20. The molecule has 1 aliphatic rings. The molecular weight excluding hydrogens is 484 g/mol. The summed E-state index contributed by atoms with van der Waals surface area (Å²) in [5.41, 5.74) is 12.8. The van der Waals surface area contributed by atoms with Crippen LogP contribution in [0.15, 0.2) is 85.1 Å². The highest BCUT2D eigenvalue weighted by atomic mass is 15.1.